The molecule has 1 atom stereocenters. The molecule has 4 rings (SSSR count). The Hall–Kier alpha value is -3.56. The number of fused-ring (bicyclic) bond motifs is 1. The molecular weight excluding hydrogens is 492 g/mol. The van der Waals surface area contributed by atoms with Crippen LogP contribution in [0.1, 0.15) is 36.8 Å². The third-order valence-electron chi connectivity index (χ3n) is 7.06. The van der Waals surface area contributed by atoms with E-state index < -0.39 is 17.8 Å². The van der Waals surface area contributed by atoms with Crippen molar-refractivity contribution < 1.29 is 27.8 Å². The van der Waals surface area contributed by atoms with Crippen molar-refractivity contribution in [3.63, 3.8) is 0 Å². The number of halogens is 2. The molecule has 1 heterocycles. The van der Waals surface area contributed by atoms with Gasteiger partial charge in [0.2, 0.25) is 5.88 Å². The van der Waals surface area contributed by atoms with Gasteiger partial charge in [0.25, 0.3) is 0 Å². The van der Waals surface area contributed by atoms with Crippen LogP contribution >= 0.6 is 0 Å². The van der Waals surface area contributed by atoms with Gasteiger partial charge >= 0.3 is 6.16 Å². The normalized spacial score (nSPS) is 18.4. The Morgan fingerprint density at radius 1 is 1.13 bits per heavy atom. The number of hydrogen-bond acceptors (Lipinski definition) is 7. The molecule has 1 aliphatic rings. The average molecular weight is 526 g/mol. The van der Waals surface area contributed by atoms with Crippen molar-refractivity contribution in [3.8, 4) is 11.6 Å². The Balaban J connectivity index is 1.34. The molecule has 0 saturated heterocycles. The van der Waals surface area contributed by atoms with Crippen LogP contribution < -0.4 is 20.5 Å². The fourth-order valence-electron chi connectivity index (χ4n) is 4.96. The predicted octanol–water partition coefficient (Wildman–Crippen LogP) is 5.40. The van der Waals surface area contributed by atoms with Crippen LogP contribution in [0.15, 0.2) is 48.5 Å². The second-order valence-corrected chi connectivity index (χ2v) is 9.48. The quantitative estimate of drug-likeness (QED) is 0.285. The molecule has 0 aliphatic heterocycles. The number of nitrogens with zero attached hydrogens (tertiary/aromatic N) is 1. The monoisotopic (exact) mass is 525 g/mol. The number of carbonyl (C=O) groups excluding carboxylic acids is 1. The van der Waals surface area contributed by atoms with Gasteiger partial charge in [-0.3, -0.25) is 0 Å². The van der Waals surface area contributed by atoms with E-state index in [1.807, 2.05) is 18.2 Å². The van der Waals surface area contributed by atoms with Gasteiger partial charge in [-0.2, -0.15) is 0 Å². The largest absolute Gasteiger partial charge is 0.513 e. The zero-order chi connectivity index (χ0) is 27.1. The fourth-order valence-corrected chi connectivity index (χ4v) is 4.96. The molecule has 0 radical (unpaired) electrons. The lowest BCUT2D eigenvalue weighted by molar-refractivity contribution is 0.122. The van der Waals surface area contributed by atoms with Crippen molar-refractivity contribution in [1.29, 1.82) is 0 Å². The number of pyridine rings is 1. The highest BCUT2D eigenvalue weighted by Gasteiger charge is 2.26. The van der Waals surface area contributed by atoms with Gasteiger partial charge in [0.05, 0.1) is 19.7 Å². The van der Waals surface area contributed by atoms with Crippen molar-refractivity contribution in [2.24, 2.45) is 11.7 Å². The molecule has 2 aromatic carbocycles. The summed E-state index contributed by atoms with van der Waals surface area (Å²) in [6.45, 7) is 0.580. The van der Waals surface area contributed by atoms with E-state index in [0.29, 0.717) is 47.5 Å². The van der Waals surface area contributed by atoms with Crippen LogP contribution in [0.5, 0.6) is 11.6 Å². The molecule has 1 aliphatic carbocycles. The molecule has 7 nitrogen and oxygen atoms in total. The summed E-state index contributed by atoms with van der Waals surface area (Å²) in [4.78, 5) is 16.3. The second kappa shape index (κ2) is 12.8. The molecule has 0 bridgehead atoms. The van der Waals surface area contributed by atoms with Gasteiger partial charge in [0.15, 0.2) is 0 Å². The van der Waals surface area contributed by atoms with Crippen LogP contribution in [0, 0.1) is 17.6 Å². The van der Waals surface area contributed by atoms with E-state index in [1.54, 1.807) is 25.3 Å². The maximum absolute atomic E-state index is 13.8. The smallest absolute Gasteiger partial charge is 0.481 e. The minimum absolute atomic E-state index is 0.0598. The number of methoxy groups -OCH3 is 2. The molecule has 38 heavy (non-hydrogen) atoms. The van der Waals surface area contributed by atoms with E-state index in [2.05, 4.69) is 15.0 Å². The summed E-state index contributed by atoms with van der Waals surface area (Å²) in [6.07, 6.45) is 7.18. The highest BCUT2D eigenvalue weighted by atomic mass is 19.1. The van der Waals surface area contributed by atoms with Gasteiger partial charge < -0.3 is 25.3 Å². The Morgan fingerprint density at radius 2 is 1.92 bits per heavy atom. The van der Waals surface area contributed by atoms with Gasteiger partial charge in [0.1, 0.15) is 17.4 Å². The zero-order valence-corrected chi connectivity index (χ0v) is 21.6. The van der Waals surface area contributed by atoms with E-state index in [4.69, 9.17) is 15.2 Å². The van der Waals surface area contributed by atoms with E-state index in [0.717, 1.165) is 43.4 Å². The van der Waals surface area contributed by atoms with E-state index in [1.165, 1.54) is 13.2 Å². The minimum atomic E-state index is -0.798. The molecule has 9 heteroatoms. The minimum Gasteiger partial charge on any atom is -0.481 e. The third kappa shape index (κ3) is 6.85. The number of aromatic nitrogens is 1. The van der Waals surface area contributed by atoms with Crippen molar-refractivity contribution >= 4 is 23.1 Å². The molecule has 0 spiro atoms. The molecule has 0 unspecified atom stereocenters. The number of nitrogens with one attached hydrogen (secondary N) is 1. The lowest BCUT2D eigenvalue weighted by Crippen LogP contribution is -2.39. The number of benzene rings is 2. The molecule has 1 saturated carbocycles. The van der Waals surface area contributed by atoms with E-state index >= 15 is 0 Å². The first kappa shape index (κ1) is 27.5. The Labute approximate surface area is 221 Å². The van der Waals surface area contributed by atoms with E-state index in [-0.39, 0.29) is 11.6 Å². The number of rotatable bonds is 9. The summed E-state index contributed by atoms with van der Waals surface area (Å²) in [5.74, 6) is 0.284. The topological polar surface area (TPSA) is 95.7 Å². The molecule has 3 aromatic rings. The zero-order valence-electron chi connectivity index (χ0n) is 21.6. The van der Waals surface area contributed by atoms with Crippen LogP contribution in [0.4, 0.5) is 13.6 Å². The highest BCUT2D eigenvalue weighted by Crippen LogP contribution is 2.33. The first-order valence-electron chi connectivity index (χ1n) is 12.7. The number of ether oxygens (including phenoxy) is 3. The summed E-state index contributed by atoms with van der Waals surface area (Å²) >= 11 is 0. The van der Waals surface area contributed by atoms with Gasteiger partial charge in [-0.1, -0.05) is 18.2 Å². The summed E-state index contributed by atoms with van der Waals surface area (Å²) in [7, 11) is 2.81. The Morgan fingerprint density at radius 3 is 2.66 bits per heavy atom. The molecule has 202 valence electrons. The summed E-state index contributed by atoms with van der Waals surface area (Å²) in [5.41, 5.74) is 8.56. The SMILES string of the molecule is COC(=O)Oc1ccc(C[C@@H](N)C2CCC(NC/C=C/c3cc(F)ccc3F)CC2)c2nc(OC)ccc12. The number of carbonyl (C=O) groups is 1. The maximum Gasteiger partial charge on any atom is 0.513 e. The van der Waals surface area contributed by atoms with Crippen LogP contribution in [-0.2, 0) is 11.2 Å². The number of nitrogens with two attached hydrogens (primary N) is 1. The molecular formula is C29H33F2N3O4. The third-order valence-corrected chi connectivity index (χ3v) is 7.06. The van der Waals surface area contributed by atoms with Crippen molar-refractivity contribution in [2.75, 3.05) is 20.8 Å². The van der Waals surface area contributed by atoms with Gasteiger partial charge in [-0.25, -0.2) is 18.6 Å². The van der Waals surface area contributed by atoms with Crippen LogP contribution in [0.25, 0.3) is 17.0 Å². The summed E-state index contributed by atoms with van der Waals surface area (Å²) in [5, 5.41) is 4.16. The van der Waals surface area contributed by atoms with Crippen molar-refractivity contribution in [1.82, 2.24) is 10.3 Å². The van der Waals surface area contributed by atoms with Gasteiger partial charge in [-0.05, 0) is 73.9 Å². The summed E-state index contributed by atoms with van der Waals surface area (Å²) < 4.78 is 42.3. The maximum atomic E-state index is 13.8. The van der Waals surface area contributed by atoms with Crippen LogP contribution in [0.2, 0.25) is 0 Å². The van der Waals surface area contributed by atoms with Crippen LogP contribution in [0.3, 0.4) is 0 Å². The lowest BCUT2D eigenvalue weighted by atomic mass is 9.80. The van der Waals surface area contributed by atoms with Crippen LogP contribution in [-0.4, -0.2) is 44.0 Å². The number of hydrogen-bond donors (Lipinski definition) is 2. The molecule has 1 fully saturated rings. The standard InChI is InChI=1S/C29H33F2N3O4/c1-36-27-14-11-23-26(38-29(35)37-2)13-7-20(28(23)34-27)17-25(32)18-5-9-22(10-6-18)33-15-3-4-19-16-21(30)8-12-24(19)31/h3-4,7-8,11-14,16,18,22,25,33H,5-6,9-10,15,17,32H2,1-2H3/b4-3+/t18?,22?,25-/m1/s1. The predicted molar refractivity (Wildman–Crippen MR) is 142 cm³/mol. The first-order chi connectivity index (χ1) is 18.4. The molecule has 0 amide bonds. The Kier molecular flexibility index (Phi) is 9.25. The van der Waals surface area contributed by atoms with E-state index in [9.17, 15) is 13.6 Å². The first-order valence-corrected chi connectivity index (χ1v) is 12.7. The molecule has 3 N–H and O–H groups in total. The van der Waals surface area contributed by atoms with Crippen molar-refractivity contribution in [2.45, 2.75) is 44.2 Å². The second-order valence-electron chi connectivity index (χ2n) is 9.48. The van der Waals surface area contributed by atoms with Gasteiger partial charge in [-0.15, -0.1) is 0 Å². The fraction of sp³-hybridized carbons (Fsp3) is 0.379. The molecule has 1 aromatic heterocycles. The lowest BCUT2D eigenvalue weighted by Gasteiger charge is -2.32. The highest BCUT2D eigenvalue weighted by molar-refractivity contribution is 5.90. The van der Waals surface area contributed by atoms with Crippen molar-refractivity contribution in [3.05, 3.63) is 71.3 Å². The Bertz CT molecular complexity index is 1290. The average Bonchev–Trinajstić information content (AvgIpc) is 2.94. The van der Waals surface area contributed by atoms with Gasteiger partial charge in [0, 0.05) is 35.6 Å². The summed E-state index contributed by atoms with van der Waals surface area (Å²) in [6, 6.07) is 10.9.